The van der Waals surface area contributed by atoms with Gasteiger partial charge in [-0.2, -0.15) is 0 Å². The van der Waals surface area contributed by atoms with Gasteiger partial charge in [-0.1, -0.05) is 29.3 Å². The van der Waals surface area contributed by atoms with Crippen LogP contribution in [0, 0.1) is 5.82 Å². The lowest BCUT2D eigenvalue weighted by Gasteiger charge is -2.08. The molecule has 0 aliphatic rings. The van der Waals surface area contributed by atoms with Crippen molar-refractivity contribution in [2.45, 2.75) is 0 Å². The number of hydrogen-bond acceptors (Lipinski definition) is 2. The number of rotatable bonds is 2. The maximum atomic E-state index is 13.3. The number of halogens is 3. The largest absolute Gasteiger partial charge is 0.396 e. The van der Waals surface area contributed by atoms with Gasteiger partial charge < -0.3 is 11.1 Å². The van der Waals surface area contributed by atoms with Gasteiger partial charge in [0.05, 0.1) is 21.4 Å². The van der Waals surface area contributed by atoms with Crippen LogP contribution >= 0.6 is 23.2 Å². The fourth-order valence-corrected chi connectivity index (χ4v) is 1.81. The Bertz CT molecular complexity index is 647. The van der Waals surface area contributed by atoms with E-state index < -0.39 is 11.7 Å². The van der Waals surface area contributed by atoms with E-state index in [2.05, 4.69) is 5.32 Å². The monoisotopic (exact) mass is 298 g/mol. The molecule has 0 atom stereocenters. The molecule has 2 rings (SSSR count). The van der Waals surface area contributed by atoms with Crippen LogP contribution in [-0.2, 0) is 0 Å². The SMILES string of the molecule is Nc1ccc(C(=O)Nc2cccc(Cl)c2Cl)cc1F. The number of benzene rings is 2. The summed E-state index contributed by atoms with van der Waals surface area (Å²) < 4.78 is 13.3. The molecule has 2 aromatic carbocycles. The fourth-order valence-electron chi connectivity index (χ4n) is 1.46. The van der Waals surface area contributed by atoms with Crippen molar-refractivity contribution in [3.63, 3.8) is 0 Å². The third kappa shape index (κ3) is 2.97. The minimum absolute atomic E-state index is 0.0164. The Morgan fingerprint density at radius 2 is 1.95 bits per heavy atom. The minimum Gasteiger partial charge on any atom is -0.396 e. The van der Waals surface area contributed by atoms with Gasteiger partial charge in [0.25, 0.3) is 5.91 Å². The van der Waals surface area contributed by atoms with E-state index in [4.69, 9.17) is 28.9 Å². The molecule has 0 saturated carbocycles. The molecule has 2 aromatic rings. The van der Waals surface area contributed by atoms with E-state index in [0.29, 0.717) is 10.7 Å². The Hall–Kier alpha value is -1.78. The third-order valence-electron chi connectivity index (χ3n) is 2.46. The van der Waals surface area contributed by atoms with Crippen molar-refractivity contribution < 1.29 is 9.18 Å². The maximum absolute atomic E-state index is 13.3. The Morgan fingerprint density at radius 1 is 1.21 bits per heavy atom. The molecule has 0 heterocycles. The van der Waals surface area contributed by atoms with E-state index in [-0.39, 0.29) is 16.3 Å². The van der Waals surface area contributed by atoms with Gasteiger partial charge in [-0.15, -0.1) is 0 Å². The van der Waals surface area contributed by atoms with E-state index in [9.17, 15) is 9.18 Å². The van der Waals surface area contributed by atoms with Crippen molar-refractivity contribution in [1.82, 2.24) is 0 Å². The predicted octanol–water partition coefficient (Wildman–Crippen LogP) is 3.97. The molecule has 98 valence electrons. The zero-order valence-electron chi connectivity index (χ0n) is 9.58. The zero-order chi connectivity index (χ0) is 14.0. The lowest BCUT2D eigenvalue weighted by atomic mass is 10.2. The van der Waals surface area contributed by atoms with Crippen LogP contribution < -0.4 is 11.1 Å². The van der Waals surface area contributed by atoms with E-state index in [0.717, 1.165) is 6.07 Å². The second kappa shape index (κ2) is 5.47. The highest BCUT2D eigenvalue weighted by atomic mass is 35.5. The highest BCUT2D eigenvalue weighted by Crippen LogP contribution is 2.29. The number of hydrogen-bond donors (Lipinski definition) is 2. The standard InChI is InChI=1S/C13H9Cl2FN2O/c14-8-2-1-3-11(12(8)15)18-13(19)7-4-5-10(17)9(16)6-7/h1-6H,17H2,(H,18,19). The number of amides is 1. The summed E-state index contributed by atoms with van der Waals surface area (Å²) in [5.74, 6) is -1.15. The van der Waals surface area contributed by atoms with Gasteiger partial charge >= 0.3 is 0 Å². The molecule has 1 amide bonds. The average molecular weight is 299 g/mol. The summed E-state index contributed by atoms with van der Waals surface area (Å²) in [7, 11) is 0. The number of anilines is 2. The molecule has 0 aromatic heterocycles. The molecule has 0 unspecified atom stereocenters. The smallest absolute Gasteiger partial charge is 0.255 e. The zero-order valence-corrected chi connectivity index (χ0v) is 11.1. The van der Waals surface area contributed by atoms with Crippen LogP contribution in [0.4, 0.5) is 15.8 Å². The fraction of sp³-hybridized carbons (Fsp3) is 0. The topological polar surface area (TPSA) is 55.1 Å². The number of nitrogens with two attached hydrogens (primary N) is 1. The van der Waals surface area contributed by atoms with Gasteiger partial charge in [0, 0.05) is 5.56 Å². The van der Waals surface area contributed by atoms with Crippen molar-refractivity contribution in [1.29, 1.82) is 0 Å². The minimum atomic E-state index is -0.648. The van der Waals surface area contributed by atoms with Crippen LogP contribution in [0.25, 0.3) is 0 Å². The lowest BCUT2D eigenvalue weighted by molar-refractivity contribution is 0.102. The van der Waals surface area contributed by atoms with Crippen LogP contribution in [0.15, 0.2) is 36.4 Å². The van der Waals surface area contributed by atoms with Gasteiger partial charge in [-0.05, 0) is 30.3 Å². The molecule has 0 aliphatic heterocycles. The first-order valence-electron chi connectivity index (χ1n) is 5.29. The Balaban J connectivity index is 2.26. The summed E-state index contributed by atoms with van der Waals surface area (Å²) in [6.45, 7) is 0. The average Bonchev–Trinajstić information content (AvgIpc) is 2.38. The van der Waals surface area contributed by atoms with Crippen molar-refractivity contribution in [2.75, 3.05) is 11.1 Å². The van der Waals surface area contributed by atoms with Gasteiger partial charge in [-0.25, -0.2) is 4.39 Å². The van der Waals surface area contributed by atoms with E-state index >= 15 is 0 Å². The molecule has 3 nitrogen and oxygen atoms in total. The summed E-state index contributed by atoms with van der Waals surface area (Å²) >= 11 is 11.8. The lowest BCUT2D eigenvalue weighted by Crippen LogP contribution is -2.12. The number of nitrogens with one attached hydrogen (secondary N) is 1. The van der Waals surface area contributed by atoms with Crippen LogP contribution in [0.3, 0.4) is 0 Å². The normalized spacial score (nSPS) is 10.3. The van der Waals surface area contributed by atoms with Gasteiger partial charge in [0.2, 0.25) is 0 Å². The van der Waals surface area contributed by atoms with Crippen molar-refractivity contribution in [3.8, 4) is 0 Å². The van der Waals surface area contributed by atoms with Gasteiger partial charge in [0.15, 0.2) is 0 Å². The molecule has 0 radical (unpaired) electrons. The molecule has 0 bridgehead atoms. The van der Waals surface area contributed by atoms with Gasteiger partial charge in [0.1, 0.15) is 5.82 Å². The summed E-state index contributed by atoms with van der Waals surface area (Å²) in [4.78, 5) is 11.9. The first-order chi connectivity index (χ1) is 8.99. The molecule has 0 fully saturated rings. The van der Waals surface area contributed by atoms with Crippen LogP contribution in [0.1, 0.15) is 10.4 Å². The predicted molar refractivity (Wildman–Crippen MR) is 75.2 cm³/mol. The van der Waals surface area contributed by atoms with Crippen molar-refractivity contribution in [2.24, 2.45) is 0 Å². The molecule has 3 N–H and O–H groups in total. The second-order valence-electron chi connectivity index (χ2n) is 3.79. The van der Waals surface area contributed by atoms with Gasteiger partial charge in [-0.3, -0.25) is 4.79 Å². The van der Waals surface area contributed by atoms with Crippen LogP contribution in [0.5, 0.6) is 0 Å². The van der Waals surface area contributed by atoms with E-state index in [1.807, 2.05) is 0 Å². The molecule has 0 aliphatic carbocycles. The molecule has 6 heteroatoms. The first kappa shape index (κ1) is 13.6. The van der Waals surface area contributed by atoms with Crippen LogP contribution in [-0.4, -0.2) is 5.91 Å². The van der Waals surface area contributed by atoms with E-state index in [1.54, 1.807) is 18.2 Å². The van der Waals surface area contributed by atoms with Crippen molar-refractivity contribution >= 4 is 40.5 Å². The highest BCUT2D eigenvalue weighted by molar-refractivity contribution is 6.44. The molecule has 19 heavy (non-hydrogen) atoms. The Labute approximate surface area is 119 Å². The third-order valence-corrected chi connectivity index (χ3v) is 3.28. The number of carbonyl (C=O) groups is 1. The summed E-state index contributed by atoms with van der Waals surface area (Å²) in [6.07, 6.45) is 0. The highest BCUT2D eigenvalue weighted by Gasteiger charge is 2.11. The maximum Gasteiger partial charge on any atom is 0.255 e. The summed E-state index contributed by atoms with van der Waals surface area (Å²) in [5.41, 5.74) is 5.82. The second-order valence-corrected chi connectivity index (χ2v) is 4.58. The molecule has 0 saturated heterocycles. The molecule has 0 spiro atoms. The number of carbonyl (C=O) groups excluding carboxylic acids is 1. The number of nitrogen functional groups attached to an aromatic ring is 1. The van der Waals surface area contributed by atoms with Crippen molar-refractivity contribution in [3.05, 3.63) is 57.8 Å². The van der Waals surface area contributed by atoms with Crippen LogP contribution in [0.2, 0.25) is 10.0 Å². The molecular weight excluding hydrogens is 290 g/mol. The first-order valence-corrected chi connectivity index (χ1v) is 6.05. The Morgan fingerprint density at radius 3 is 2.63 bits per heavy atom. The Kier molecular flexibility index (Phi) is 3.93. The summed E-state index contributed by atoms with van der Waals surface area (Å²) in [5, 5.41) is 3.10. The quantitative estimate of drug-likeness (QED) is 0.824. The molecular formula is C13H9Cl2FN2O. The van der Waals surface area contributed by atoms with E-state index in [1.165, 1.54) is 12.1 Å². The summed E-state index contributed by atoms with van der Waals surface area (Å²) in [6, 6.07) is 8.65.